The monoisotopic (exact) mass is 300 g/mol. The van der Waals surface area contributed by atoms with Crippen molar-refractivity contribution in [2.45, 2.75) is 39.2 Å². The lowest BCUT2D eigenvalue weighted by molar-refractivity contribution is 0.0909. The van der Waals surface area contributed by atoms with Gasteiger partial charge in [-0.15, -0.1) is 12.4 Å². The minimum absolute atomic E-state index is 0. The van der Waals surface area contributed by atoms with Gasteiger partial charge in [0.1, 0.15) is 5.69 Å². The lowest BCUT2D eigenvalue weighted by Crippen LogP contribution is -2.50. The van der Waals surface area contributed by atoms with Crippen molar-refractivity contribution in [3.8, 4) is 0 Å². The third-order valence-electron chi connectivity index (χ3n) is 3.88. The molecule has 2 N–H and O–H groups in total. The van der Waals surface area contributed by atoms with E-state index in [0.29, 0.717) is 17.5 Å². The minimum Gasteiger partial charge on any atom is -0.346 e. The van der Waals surface area contributed by atoms with E-state index in [2.05, 4.69) is 36.5 Å². The summed E-state index contributed by atoms with van der Waals surface area (Å²) in [6, 6.07) is 2.09. The Balaban J connectivity index is 0.00000200. The second kappa shape index (κ2) is 7.09. The van der Waals surface area contributed by atoms with Crippen LogP contribution in [0.2, 0.25) is 0 Å². The zero-order valence-corrected chi connectivity index (χ0v) is 13.5. The zero-order chi connectivity index (χ0) is 14.0. The molecule has 5 nitrogen and oxygen atoms in total. The van der Waals surface area contributed by atoms with E-state index in [1.807, 2.05) is 13.1 Å². The molecule has 1 fully saturated rings. The molecule has 1 aromatic heterocycles. The molecule has 0 radical (unpaired) electrons. The molecule has 0 aliphatic carbocycles. The van der Waals surface area contributed by atoms with Gasteiger partial charge >= 0.3 is 0 Å². The van der Waals surface area contributed by atoms with Crippen molar-refractivity contribution in [1.82, 2.24) is 20.4 Å². The Hall–Kier alpha value is -1.07. The second-order valence-corrected chi connectivity index (χ2v) is 5.78. The number of carbonyl (C=O) groups excluding carboxylic acids is 1. The van der Waals surface area contributed by atoms with Gasteiger partial charge in [-0.25, -0.2) is 0 Å². The van der Waals surface area contributed by atoms with Crippen molar-refractivity contribution < 1.29 is 4.79 Å². The number of carbonyl (C=O) groups is 1. The van der Waals surface area contributed by atoms with Crippen LogP contribution in [0.3, 0.4) is 0 Å². The molecule has 114 valence electrons. The van der Waals surface area contributed by atoms with E-state index in [-0.39, 0.29) is 24.4 Å². The fourth-order valence-electron chi connectivity index (χ4n) is 2.56. The molecule has 0 bridgehead atoms. The van der Waals surface area contributed by atoms with Crippen LogP contribution in [0.1, 0.15) is 49.3 Å². The maximum absolute atomic E-state index is 12.2. The van der Waals surface area contributed by atoms with E-state index in [4.69, 9.17) is 0 Å². The van der Waals surface area contributed by atoms with E-state index in [0.717, 1.165) is 25.2 Å². The van der Waals surface area contributed by atoms with Gasteiger partial charge in [-0.05, 0) is 30.9 Å². The largest absolute Gasteiger partial charge is 0.346 e. The average Bonchev–Trinajstić information content (AvgIpc) is 2.74. The second-order valence-electron chi connectivity index (χ2n) is 5.78. The number of nitrogens with one attached hydrogen (secondary N) is 2. The number of halogens is 1. The number of aryl methyl sites for hydroxylation is 1. The van der Waals surface area contributed by atoms with Gasteiger partial charge in [-0.2, -0.15) is 5.10 Å². The maximum atomic E-state index is 12.2. The molecule has 2 heterocycles. The highest BCUT2D eigenvalue weighted by Gasteiger charge is 2.24. The molecule has 2 unspecified atom stereocenters. The molecule has 2 rings (SSSR count). The van der Waals surface area contributed by atoms with Crippen LogP contribution in [0.4, 0.5) is 0 Å². The van der Waals surface area contributed by atoms with Crippen molar-refractivity contribution in [1.29, 1.82) is 0 Å². The van der Waals surface area contributed by atoms with E-state index in [1.54, 1.807) is 4.68 Å². The predicted octanol–water partition coefficient (Wildman–Crippen LogP) is 1.69. The SMILES string of the molecule is CC(C)c1cc(C(=O)NC2CNCCC2C)nn1C.Cl. The van der Waals surface area contributed by atoms with Crippen molar-refractivity contribution in [3.05, 3.63) is 17.5 Å². The highest BCUT2D eigenvalue weighted by atomic mass is 35.5. The van der Waals surface area contributed by atoms with E-state index in [1.165, 1.54) is 0 Å². The van der Waals surface area contributed by atoms with Crippen molar-refractivity contribution in [2.24, 2.45) is 13.0 Å². The number of nitrogens with zero attached hydrogens (tertiary/aromatic N) is 2. The van der Waals surface area contributed by atoms with Gasteiger partial charge in [0, 0.05) is 25.3 Å². The molecule has 1 aliphatic rings. The normalized spacial score (nSPS) is 22.4. The fourth-order valence-corrected chi connectivity index (χ4v) is 2.56. The quantitative estimate of drug-likeness (QED) is 0.893. The first-order valence-electron chi connectivity index (χ1n) is 7.04. The first-order valence-corrected chi connectivity index (χ1v) is 7.04. The zero-order valence-electron chi connectivity index (χ0n) is 12.6. The summed E-state index contributed by atoms with van der Waals surface area (Å²) in [4.78, 5) is 12.2. The minimum atomic E-state index is -0.0666. The Bertz CT molecular complexity index is 458. The topological polar surface area (TPSA) is 59.0 Å². The summed E-state index contributed by atoms with van der Waals surface area (Å²) >= 11 is 0. The van der Waals surface area contributed by atoms with Crippen LogP contribution in [0, 0.1) is 5.92 Å². The van der Waals surface area contributed by atoms with Gasteiger partial charge in [0.05, 0.1) is 0 Å². The summed E-state index contributed by atoms with van der Waals surface area (Å²) < 4.78 is 1.79. The number of piperidine rings is 1. The van der Waals surface area contributed by atoms with Crippen LogP contribution in [-0.4, -0.2) is 34.8 Å². The number of amides is 1. The molecular formula is C14H25ClN4O. The van der Waals surface area contributed by atoms with Gasteiger partial charge < -0.3 is 10.6 Å². The summed E-state index contributed by atoms with van der Waals surface area (Å²) in [7, 11) is 1.89. The molecule has 1 amide bonds. The molecule has 20 heavy (non-hydrogen) atoms. The average molecular weight is 301 g/mol. The summed E-state index contributed by atoms with van der Waals surface area (Å²) in [6.07, 6.45) is 1.10. The smallest absolute Gasteiger partial charge is 0.272 e. The Morgan fingerprint density at radius 1 is 1.55 bits per heavy atom. The first kappa shape index (κ1) is 17.0. The van der Waals surface area contributed by atoms with E-state index < -0.39 is 0 Å². The Morgan fingerprint density at radius 3 is 2.80 bits per heavy atom. The molecular weight excluding hydrogens is 276 g/mol. The van der Waals surface area contributed by atoms with Crippen molar-refractivity contribution in [3.63, 3.8) is 0 Å². The summed E-state index contributed by atoms with van der Waals surface area (Å²) in [5.41, 5.74) is 1.60. The Morgan fingerprint density at radius 2 is 2.25 bits per heavy atom. The third kappa shape index (κ3) is 3.73. The lowest BCUT2D eigenvalue weighted by Gasteiger charge is -2.29. The van der Waals surface area contributed by atoms with Gasteiger partial charge in [0.2, 0.25) is 0 Å². The molecule has 0 aromatic carbocycles. The highest BCUT2D eigenvalue weighted by Crippen LogP contribution is 2.16. The van der Waals surface area contributed by atoms with Gasteiger partial charge in [-0.1, -0.05) is 20.8 Å². The Kier molecular flexibility index (Phi) is 6.02. The van der Waals surface area contributed by atoms with Crippen LogP contribution in [0.25, 0.3) is 0 Å². The number of rotatable bonds is 3. The number of hydrogen-bond donors (Lipinski definition) is 2. The van der Waals surface area contributed by atoms with Crippen molar-refractivity contribution >= 4 is 18.3 Å². The van der Waals surface area contributed by atoms with Crippen LogP contribution < -0.4 is 10.6 Å². The maximum Gasteiger partial charge on any atom is 0.272 e. The molecule has 1 aliphatic heterocycles. The lowest BCUT2D eigenvalue weighted by atomic mass is 9.95. The van der Waals surface area contributed by atoms with E-state index >= 15 is 0 Å². The summed E-state index contributed by atoms with van der Waals surface area (Å²) in [5, 5.41) is 10.7. The third-order valence-corrected chi connectivity index (χ3v) is 3.88. The molecule has 6 heteroatoms. The van der Waals surface area contributed by atoms with E-state index in [9.17, 15) is 4.79 Å². The summed E-state index contributed by atoms with van der Waals surface area (Å²) in [6.45, 7) is 8.27. The first-order chi connectivity index (χ1) is 8.99. The standard InChI is InChI=1S/C14H24N4O.ClH/c1-9(2)13-7-11(17-18(13)4)14(19)16-12-8-15-6-5-10(12)3;/h7,9-10,12,15H,5-6,8H2,1-4H3,(H,16,19);1H. The molecule has 1 saturated heterocycles. The molecule has 0 saturated carbocycles. The predicted molar refractivity (Wildman–Crippen MR) is 82.4 cm³/mol. The van der Waals surface area contributed by atoms with Gasteiger partial charge in [-0.3, -0.25) is 9.48 Å². The van der Waals surface area contributed by atoms with Gasteiger partial charge in [0.15, 0.2) is 0 Å². The molecule has 1 aromatic rings. The summed E-state index contributed by atoms with van der Waals surface area (Å²) in [5.74, 6) is 0.816. The molecule has 0 spiro atoms. The van der Waals surface area contributed by atoms with Crippen LogP contribution in [-0.2, 0) is 7.05 Å². The Labute approximate surface area is 126 Å². The number of hydrogen-bond acceptors (Lipinski definition) is 3. The van der Waals surface area contributed by atoms with Crippen LogP contribution in [0.5, 0.6) is 0 Å². The number of aromatic nitrogens is 2. The fraction of sp³-hybridized carbons (Fsp3) is 0.714. The molecule has 2 atom stereocenters. The van der Waals surface area contributed by atoms with Gasteiger partial charge in [0.25, 0.3) is 5.91 Å². The van der Waals surface area contributed by atoms with Crippen LogP contribution in [0.15, 0.2) is 6.07 Å². The van der Waals surface area contributed by atoms with Crippen LogP contribution >= 0.6 is 12.4 Å². The van der Waals surface area contributed by atoms with Crippen molar-refractivity contribution in [2.75, 3.05) is 13.1 Å². The highest BCUT2D eigenvalue weighted by molar-refractivity contribution is 5.92.